The first-order valence-electron chi connectivity index (χ1n) is 7.32. The van der Waals surface area contributed by atoms with E-state index in [1.165, 1.54) is 6.08 Å². The van der Waals surface area contributed by atoms with Crippen molar-refractivity contribution in [3.05, 3.63) is 77.6 Å². The van der Waals surface area contributed by atoms with Gasteiger partial charge in [0.2, 0.25) is 3.79 Å². The quantitative estimate of drug-likeness (QED) is 0.639. The molecule has 0 heterocycles. The summed E-state index contributed by atoms with van der Waals surface area (Å²) in [4.78, 5) is 11.9. The number of alkyl halides is 3. The number of halogens is 4. The molecule has 1 N–H and O–H groups in total. The number of ether oxygens (including phenoxy) is 1. The van der Waals surface area contributed by atoms with Crippen LogP contribution in [-0.2, 0) is 4.74 Å². The number of carbonyl (C=O) groups is 1. The van der Waals surface area contributed by atoms with Crippen LogP contribution in [0.15, 0.2) is 66.5 Å². The molecule has 25 heavy (non-hydrogen) atoms. The van der Waals surface area contributed by atoms with Crippen LogP contribution in [0.4, 0.5) is 9.18 Å². The number of hydrogen-bond donors (Lipinski definition) is 1. The van der Waals surface area contributed by atoms with Crippen LogP contribution in [0.3, 0.4) is 0 Å². The molecule has 0 aromatic heterocycles. The van der Waals surface area contributed by atoms with Crippen molar-refractivity contribution in [1.29, 1.82) is 0 Å². The molecule has 1 atom stereocenters. The van der Waals surface area contributed by atoms with Gasteiger partial charge in [-0.1, -0.05) is 95.5 Å². The van der Waals surface area contributed by atoms with Gasteiger partial charge < -0.3 is 10.1 Å². The predicted octanol–water partition coefficient (Wildman–Crippen LogP) is 5.83. The van der Waals surface area contributed by atoms with E-state index in [0.717, 1.165) is 0 Å². The summed E-state index contributed by atoms with van der Waals surface area (Å²) in [6, 6.07) is 16.6. The van der Waals surface area contributed by atoms with Gasteiger partial charge in [-0.3, -0.25) is 0 Å². The second kappa shape index (κ2) is 9.09. The maximum atomic E-state index is 14.8. The van der Waals surface area contributed by atoms with E-state index in [0.29, 0.717) is 11.1 Å². The molecule has 0 fully saturated rings. The lowest BCUT2D eigenvalue weighted by Gasteiger charge is -2.19. The van der Waals surface area contributed by atoms with Crippen molar-refractivity contribution in [2.45, 2.75) is 9.83 Å². The first-order valence-corrected chi connectivity index (χ1v) is 8.46. The third-order valence-electron chi connectivity index (χ3n) is 3.14. The maximum Gasteiger partial charge on any atom is 0.408 e. The van der Waals surface area contributed by atoms with Crippen molar-refractivity contribution >= 4 is 47.0 Å². The summed E-state index contributed by atoms with van der Waals surface area (Å²) in [6.45, 7) is -0.449. The summed E-state index contributed by atoms with van der Waals surface area (Å²) in [5.74, 6) is -0.553. The summed E-state index contributed by atoms with van der Waals surface area (Å²) >= 11 is 16.6. The Labute approximate surface area is 160 Å². The third kappa shape index (κ3) is 6.94. The molecule has 0 aliphatic carbocycles. The Kier molecular flexibility index (Phi) is 7.12. The fourth-order valence-electron chi connectivity index (χ4n) is 2.06. The molecule has 0 radical (unpaired) electrons. The molecule has 0 saturated heterocycles. The second-order valence-corrected chi connectivity index (χ2v) is 7.64. The van der Waals surface area contributed by atoms with Crippen molar-refractivity contribution in [2.75, 3.05) is 6.61 Å². The number of amides is 1. The summed E-state index contributed by atoms with van der Waals surface area (Å²) in [5, 5.41) is 2.45. The normalized spacial score (nSPS) is 13.2. The molecular weight excluding hydrogens is 388 g/mol. The topological polar surface area (TPSA) is 38.3 Å². The molecule has 0 aliphatic rings. The van der Waals surface area contributed by atoms with E-state index in [4.69, 9.17) is 39.5 Å². The minimum atomic E-state index is -1.74. The van der Waals surface area contributed by atoms with Crippen molar-refractivity contribution in [1.82, 2.24) is 5.32 Å². The van der Waals surface area contributed by atoms with E-state index in [9.17, 15) is 9.18 Å². The van der Waals surface area contributed by atoms with E-state index in [2.05, 4.69) is 5.32 Å². The SMILES string of the molecule is O=C(NC(/C(F)=C/c1ccccc1)c1ccccc1)OCC(Cl)(Cl)Cl. The van der Waals surface area contributed by atoms with Crippen LogP contribution in [0.25, 0.3) is 6.08 Å². The Morgan fingerprint density at radius 2 is 1.64 bits per heavy atom. The zero-order chi connectivity index (χ0) is 18.3. The average molecular weight is 403 g/mol. The van der Waals surface area contributed by atoms with Gasteiger partial charge in [0.05, 0.1) is 0 Å². The first kappa shape index (κ1) is 19.6. The van der Waals surface area contributed by atoms with E-state index in [-0.39, 0.29) is 0 Å². The lowest BCUT2D eigenvalue weighted by molar-refractivity contribution is 0.144. The minimum Gasteiger partial charge on any atom is -0.445 e. The Bertz CT molecular complexity index is 718. The highest BCUT2D eigenvalue weighted by atomic mass is 35.6. The molecule has 1 unspecified atom stereocenters. The van der Waals surface area contributed by atoms with Crippen molar-refractivity contribution in [3.8, 4) is 0 Å². The lowest BCUT2D eigenvalue weighted by Crippen LogP contribution is -2.31. The average Bonchev–Trinajstić information content (AvgIpc) is 2.59. The molecule has 7 heteroatoms. The molecule has 0 bridgehead atoms. The monoisotopic (exact) mass is 401 g/mol. The van der Waals surface area contributed by atoms with Crippen molar-refractivity contribution < 1.29 is 13.9 Å². The Balaban J connectivity index is 2.19. The van der Waals surface area contributed by atoms with Crippen molar-refractivity contribution in [2.24, 2.45) is 0 Å². The summed E-state index contributed by atoms with van der Waals surface area (Å²) < 4.78 is 17.9. The van der Waals surface area contributed by atoms with Gasteiger partial charge in [-0.05, 0) is 17.2 Å². The molecule has 0 spiro atoms. The minimum absolute atomic E-state index is 0.449. The second-order valence-electron chi connectivity index (χ2n) is 5.12. The highest BCUT2D eigenvalue weighted by Gasteiger charge is 2.25. The van der Waals surface area contributed by atoms with Gasteiger partial charge in [0.1, 0.15) is 18.5 Å². The zero-order valence-electron chi connectivity index (χ0n) is 13.0. The van der Waals surface area contributed by atoms with Crippen LogP contribution in [0, 0.1) is 0 Å². The summed E-state index contributed by atoms with van der Waals surface area (Å²) in [6.07, 6.45) is 0.448. The van der Waals surface area contributed by atoms with E-state index in [1.807, 2.05) is 6.07 Å². The van der Waals surface area contributed by atoms with Crippen LogP contribution in [0.5, 0.6) is 0 Å². The largest absolute Gasteiger partial charge is 0.445 e. The lowest BCUT2D eigenvalue weighted by atomic mass is 10.0. The van der Waals surface area contributed by atoms with E-state index in [1.54, 1.807) is 54.6 Å². The number of carbonyl (C=O) groups excluding carboxylic acids is 1. The number of alkyl carbamates (subject to hydrolysis) is 1. The van der Waals surface area contributed by atoms with Crippen LogP contribution in [0.2, 0.25) is 0 Å². The summed E-state index contributed by atoms with van der Waals surface area (Å²) in [7, 11) is 0. The molecule has 0 aliphatic heterocycles. The van der Waals surface area contributed by atoms with Crippen LogP contribution in [-0.4, -0.2) is 16.5 Å². The molecule has 2 aromatic rings. The van der Waals surface area contributed by atoms with E-state index < -0.39 is 28.4 Å². The standard InChI is InChI=1S/C18H15Cl3FNO2/c19-18(20,21)12-25-17(24)23-16(14-9-5-2-6-10-14)15(22)11-13-7-3-1-4-8-13/h1-11,16H,12H2,(H,23,24)/b15-11-. The fraction of sp³-hybridized carbons (Fsp3) is 0.167. The number of rotatable bonds is 5. The highest BCUT2D eigenvalue weighted by Crippen LogP contribution is 2.27. The predicted molar refractivity (Wildman–Crippen MR) is 99.5 cm³/mol. The maximum absolute atomic E-state index is 14.8. The third-order valence-corrected chi connectivity index (χ3v) is 3.47. The van der Waals surface area contributed by atoms with Gasteiger partial charge in [0.25, 0.3) is 0 Å². The number of benzene rings is 2. The number of nitrogens with one attached hydrogen (secondary N) is 1. The highest BCUT2D eigenvalue weighted by molar-refractivity contribution is 6.67. The molecule has 2 rings (SSSR count). The van der Waals surface area contributed by atoms with Crippen molar-refractivity contribution in [3.63, 3.8) is 0 Å². The van der Waals surface area contributed by atoms with Gasteiger partial charge in [-0.15, -0.1) is 0 Å². The van der Waals surface area contributed by atoms with Gasteiger partial charge in [-0.2, -0.15) is 0 Å². The zero-order valence-corrected chi connectivity index (χ0v) is 15.2. The van der Waals surface area contributed by atoms with Crippen LogP contribution in [0.1, 0.15) is 17.2 Å². The fourth-order valence-corrected chi connectivity index (χ4v) is 2.22. The van der Waals surface area contributed by atoms with Crippen LogP contribution < -0.4 is 5.32 Å². The number of hydrogen-bond acceptors (Lipinski definition) is 2. The molecular formula is C18H15Cl3FNO2. The molecule has 1 amide bonds. The van der Waals surface area contributed by atoms with Gasteiger partial charge in [0.15, 0.2) is 0 Å². The molecule has 2 aromatic carbocycles. The molecule has 132 valence electrons. The smallest absolute Gasteiger partial charge is 0.408 e. The van der Waals surface area contributed by atoms with Gasteiger partial charge in [-0.25, -0.2) is 9.18 Å². The Hall–Kier alpha value is -1.75. The Morgan fingerprint density at radius 1 is 1.08 bits per heavy atom. The van der Waals surface area contributed by atoms with Crippen LogP contribution >= 0.6 is 34.8 Å². The van der Waals surface area contributed by atoms with E-state index >= 15 is 0 Å². The van der Waals surface area contributed by atoms with Gasteiger partial charge >= 0.3 is 6.09 Å². The first-order chi connectivity index (χ1) is 11.8. The Morgan fingerprint density at radius 3 is 2.20 bits per heavy atom. The molecule has 3 nitrogen and oxygen atoms in total. The summed E-state index contributed by atoms with van der Waals surface area (Å²) in [5.41, 5.74) is 1.22. The molecule has 0 saturated carbocycles. The van der Waals surface area contributed by atoms with Gasteiger partial charge in [0, 0.05) is 0 Å².